The van der Waals surface area contributed by atoms with Crippen LogP contribution in [0.1, 0.15) is 17.5 Å². The summed E-state index contributed by atoms with van der Waals surface area (Å²) in [5, 5.41) is 0. The number of fused-ring (bicyclic) bond motifs is 1. The summed E-state index contributed by atoms with van der Waals surface area (Å²) in [6, 6.07) is 16.9. The van der Waals surface area contributed by atoms with Gasteiger partial charge < -0.3 is 9.47 Å². The molecule has 98 valence electrons. The van der Waals surface area contributed by atoms with Gasteiger partial charge in [0.05, 0.1) is 0 Å². The Balaban J connectivity index is 2.15. The predicted octanol–water partition coefficient (Wildman–Crippen LogP) is 3.75. The topological polar surface area (TPSA) is 18.5 Å². The average Bonchev–Trinajstić information content (AvgIpc) is 2.87. The molecule has 0 unspecified atom stereocenters. The Morgan fingerprint density at radius 2 is 1.63 bits per heavy atom. The maximum atomic E-state index is 5.64. The zero-order chi connectivity index (χ0) is 13.3. The molecule has 3 rings (SSSR count). The van der Waals surface area contributed by atoms with Crippen molar-refractivity contribution in [3.63, 3.8) is 0 Å². The third kappa shape index (κ3) is 1.88. The Hall–Kier alpha value is -1.64. The van der Waals surface area contributed by atoms with Crippen LogP contribution >= 0.6 is 0 Å². The maximum absolute atomic E-state index is 5.64. The van der Waals surface area contributed by atoms with Gasteiger partial charge in [0, 0.05) is 26.2 Å². The Bertz CT molecular complexity index is 571. The summed E-state index contributed by atoms with van der Waals surface area (Å²) in [6.07, 6.45) is 1.86. The minimum Gasteiger partial charge on any atom is -0.349 e. The molecule has 0 amide bonds. The van der Waals surface area contributed by atoms with Crippen LogP contribution in [0.4, 0.5) is 0 Å². The van der Waals surface area contributed by atoms with Crippen LogP contribution < -0.4 is 0 Å². The van der Waals surface area contributed by atoms with Gasteiger partial charge in [0.15, 0.2) is 5.79 Å². The van der Waals surface area contributed by atoms with Crippen molar-refractivity contribution in [2.24, 2.45) is 0 Å². The molecule has 0 spiro atoms. The average molecular weight is 254 g/mol. The molecule has 19 heavy (non-hydrogen) atoms. The number of benzene rings is 2. The zero-order valence-electron chi connectivity index (χ0n) is 11.3. The van der Waals surface area contributed by atoms with Gasteiger partial charge in [-0.15, -0.1) is 0 Å². The van der Waals surface area contributed by atoms with E-state index in [2.05, 4.69) is 42.5 Å². The van der Waals surface area contributed by atoms with Gasteiger partial charge in [-0.3, -0.25) is 0 Å². The highest BCUT2D eigenvalue weighted by Crippen LogP contribution is 2.43. The molecule has 2 heteroatoms. The number of rotatable bonds is 3. The highest BCUT2D eigenvalue weighted by Gasteiger charge is 2.40. The van der Waals surface area contributed by atoms with Crippen molar-refractivity contribution in [2.45, 2.75) is 18.6 Å². The van der Waals surface area contributed by atoms with E-state index in [4.69, 9.17) is 9.47 Å². The zero-order valence-corrected chi connectivity index (χ0v) is 11.3. The van der Waals surface area contributed by atoms with Crippen LogP contribution in [0.3, 0.4) is 0 Å². The Labute approximate surface area is 114 Å². The van der Waals surface area contributed by atoms with Crippen LogP contribution in [0.5, 0.6) is 0 Å². The molecule has 2 aromatic carbocycles. The summed E-state index contributed by atoms with van der Waals surface area (Å²) in [4.78, 5) is 0. The molecule has 0 bridgehead atoms. The van der Waals surface area contributed by atoms with Gasteiger partial charge in [0.25, 0.3) is 0 Å². The first kappa shape index (κ1) is 12.4. The SMILES string of the molecule is COC1(OC)CCc2c(-c3ccccc3)cccc21. The van der Waals surface area contributed by atoms with Crippen molar-refractivity contribution in [2.75, 3.05) is 14.2 Å². The number of hydrogen-bond donors (Lipinski definition) is 0. The lowest BCUT2D eigenvalue weighted by molar-refractivity contribution is -0.213. The monoisotopic (exact) mass is 254 g/mol. The summed E-state index contributed by atoms with van der Waals surface area (Å²) >= 11 is 0. The van der Waals surface area contributed by atoms with Crippen molar-refractivity contribution < 1.29 is 9.47 Å². The summed E-state index contributed by atoms with van der Waals surface area (Å²) in [6.45, 7) is 0. The van der Waals surface area contributed by atoms with Crippen LogP contribution in [-0.2, 0) is 21.7 Å². The second kappa shape index (κ2) is 4.80. The number of methoxy groups -OCH3 is 2. The number of ether oxygens (including phenoxy) is 2. The van der Waals surface area contributed by atoms with Crippen LogP contribution in [0.2, 0.25) is 0 Å². The van der Waals surface area contributed by atoms with Gasteiger partial charge in [0.2, 0.25) is 0 Å². The van der Waals surface area contributed by atoms with E-state index in [1.165, 1.54) is 22.3 Å². The summed E-state index contributed by atoms with van der Waals surface area (Å²) in [5.41, 5.74) is 5.05. The maximum Gasteiger partial charge on any atom is 0.194 e. The smallest absolute Gasteiger partial charge is 0.194 e. The summed E-state index contributed by atoms with van der Waals surface area (Å²) in [5.74, 6) is -0.569. The molecular weight excluding hydrogens is 236 g/mol. The first-order valence-electron chi connectivity index (χ1n) is 6.59. The minimum absolute atomic E-state index is 0.569. The van der Waals surface area contributed by atoms with Gasteiger partial charge in [-0.2, -0.15) is 0 Å². The molecule has 0 aliphatic heterocycles. The number of hydrogen-bond acceptors (Lipinski definition) is 2. The van der Waals surface area contributed by atoms with E-state index in [-0.39, 0.29) is 0 Å². The second-order valence-electron chi connectivity index (χ2n) is 4.86. The molecule has 2 nitrogen and oxygen atoms in total. The second-order valence-corrected chi connectivity index (χ2v) is 4.86. The van der Waals surface area contributed by atoms with E-state index in [0.717, 1.165) is 12.8 Å². The van der Waals surface area contributed by atoms with Crippen LogP contribution in [-0.4, -0.2) is 14.2 Å². The van der Waals surface area contributed by atoms with Crippen LogP contribution in [0.15, 0.2) is 48.5 Å². The lowest BCUT2D eigenvalue weighted by atomic mass is 9.96. The van der Waals surface area contributed by atoms with Crippen molar-refractivity contribution >= 4 is 0 Å². The molecule has 0 fully saturated rings. The standard InChI is InChI=1S/C17H18O2/c1-18-17(19-2)12-11-15-14(9-6-10-16(15)17)13-7-4-3-5-8-13/h3-10H,11-12H2,1-2H3. The van der Waals surface area contributed by atoms with E-state index < -0.39 is 5.79 Å². The van der Waals surface area contributed by atoms with Gasteiger partial charge in [0.1, 0.15) is 0 Å². The quantitative estimate of drug-likeness (QED) is 0.777. The van der Waals surface area contributed by atoms with E-state index >= 15 is 0 Å². The third-order valence-electron chi connectivity index (χ3n) is 4.03. The fourth-order valence-electron chi connectivity index (χ4n) is 3.03. The van der Waals surface area contributed by atoms with Crippen molar-refractivity contribution in [3.05, 3.63) is 59.7 Å². The molecule has 1 aliphatic carbocycles. The van der Waals surface area contributed by atoms with Crippen LogP contribution in [0, 0.1) is 0 Å². The van der Waals surface area contributed by atoms with Crippen molar-refractivity contribution in [1.82, 2.24) is 0 Å². The van der Waals surface area contributed by atoms with E-state index in [1.54, 1.807) is 14.2 Å². The first-order chi connectivity index (χ1) is 9.30. The summed E-state index contributed by atoms with van der Waals surface area (Å²) in [7, 11) is 3.43. The fourth-order valence-corrected chi connectivity index (χ4v) is 3.03. The van der Waals surface area contributed by atoms with Gasteiger partial charge in [-0.05, 0) is 23.1 Å². The van der Waals surface area contributed by atoms with Crippen molar-refractivity contribution in [1.29, 1.82) is 0 Å². The highest BCUT2D eigenvalue weighted by atomic mass is 16.7. The molecule has 2 aromatic rings. The molecule has 0 radical (unpaired) electrons. The van der Waals surface area contributed by atoms with E-state index in [0.29, 0.717) is 0 Å². The lowest BCUT2D eigenvalue weighted by Crippen LogP contribution is -2.27. The van der Waals surface area contributed by atoms with Gasteiger partial charge in [-0.25, -0.2) is 0 Å². The van der Waals surface area contributed by atoms with Crippen molar-refractivity contribution in [3.8, 4) is 11.1 Å². The van der Waals surface area contributed by atoms with E-state index in [1.807, 2.05) is 6.07 Å². The molecular formula is C17H18O2. The first-order valence-corrected chi connectivity index (χ1v) is 6.59. The molecule has 0 atom stereocenters. The fraction of sp³-hybridized carbons (Fsp3) is 0.294. The van der Waals surface area contributed by atoms with Gasteiger partial charge >= 0.3 is 0 Å². The Kier molecular flexibility index (Phi) is 3.13. The van der Waals surface area contributed by atoms with E-state index in [9.17, 15) is 0 Å². The van der Waals surface area contributed by atoms with Gasteiger partial charge in [-0.1, -0.05) is 48.5 Å². The predicted molar refractivity (Wildman–Crippen MR) is 75.9 cm³/mol. The molecule has 1 aliphatic rings. The summed E-state index contributed by atoms with van der Waals surface area (Å²) < 4.78 is 11.3. The largest absolute Gasteiger partial charge is 0.349 e. The normalized spacial score (nSPS) is 16.3. The molecule has 0 aromatic heterocycles. The molecule has 0 saturated heterocycles. The molecule has 0 heterocycles. The molecule has 0 saturated carbocycles. The Morgan fingerprint density at radius 1 is 0.895 bits per heavy atom. The minimum atomic E-state index is -0.569. The Morgan fingerprint density at radius 3 is 2.32 bits per heavy atom. The van der Waals surface area contributed by atoms with Crippen LogP contribution in [0.25, 0.3) is 11.1 Å². The molecule has 0 N–H and O–H groups in total. The highest BCUT2D eigenvalue weighted by molar-refractivity contribution is 5.70. The lowest BCUT2D eigenvalue weighted by Gasteiger charge is -2.27. The third-order valence-corrected chi connectivity index (χ3v) is 4.03.